The second-order valence-electron chi connectivity index (χ2n) is 12.7. The van der Waals surface area contributed by atoms with Crippen molar-refractivity contribution in [2.24, 2.45) is 0 Å². The number of aromatic nitrogens is 4. The Bertz CT molecular complexity index is 2600. The molecule has 4 aromatic carbocycles. The fraction of sp³-hybridized carbons (Fsp3) is 0.0435. The summed E-state index contributed by atoms with van der Waals surface area (Å²) < 4.78 is 5.70. The molecule has 9 rings (SSSR count). The van der Waals surface area contributed by atoms with Gasteiger partial charge in [-0.15, -0.1) is 0 Å². The summed E-state index contributed by atoms with van der Waals surface area (Å²) >= 11 is 0. The normalized spacial score (nSPS) is 11.9. The molecular formula is C46H34N4O2. The van der Waals surface area contributed by atoms with Crippen LogP contribution in [0, 0.1) is 0 Å². The average molecular weight is 675 g/mol. The van der Waals surface area contributed by atoms with Crippen LogP contribution in [0.2, 0.25) is 0 Å². The number of aliphatic hydroxyl groups excluding tert-OH is 1. The van der Waals surface area contributed by atoms with E-state index < -0.39 is 0 Å². The van der Waals surface area contributed by atoms with Crippen molar-refractivity contribution in [2.45, 2.75) is 0 Å². The number of fused-ring (bicyclic) bond motifs is 8. The van der Waals surface area contributed by atoms with E-state index in [1.54, 1.807) is 0 Å². The van der Waals surface area contributed by atoms with E-state index in [0.717, 1.165) is 89.4 Å². The Labute approximate surface area is 301 Å². The summed E-state index contributed by atoms with van der Waals surface area (Å²) in [6.07, 6.45) is 8.44. The number of rotatable bonds is 7. The minimum Gasteiger partial charge on any atom is -0.491 e. The Balaban J connectivity index is 1.43. The van der Waals surface area contributed by atoms with Crippen molar-refractivity contribution in [3.8, 4) is 50.3 Å². The van der Waals surface area contributed by atoms with E-state index in [9.17, 15) is 5.11 Å². The summed E-state index contributed by atoms with van der Waals surface area (Å²) in [5.41, 5.74) is 15.4. The molecule has 0 fully saturated rings. The molecule has 0 radical (unpaired) electrons. The summed E-state index contributed by atoms with van der Waals surface area (Å²) in [7, 11) is 0. The van der Waals surface area contributed by atoms with Gasteiger partial charge in [-0.3, -0.25) is 0 Å². The third-order valence-electron chi connectivity index (χ3n) is 9.44. The molecule has 0 saturated heterocycles. The fourth-order valence-electron chi connectivity index (χ4n) is 7.12. The van der Waals surface area contributed by atoms with E-state index in [1.807, 2.05) is 42.5 Å². The molecule has 3 aromatic heterocycles. The standard InChI is InChI=1S/C46H34N4O2/c51-28-29-52-34-18-16-33(17-19-34)46-41-26-24-39(49-41)44(31-12-6-2-7-13-31)37-22-20-35(47-37)43(30-10-4-1-5-11-30)36-21-23-38(48-36)45(32-14-8-3-9-15-32)40-25-27-42(46)50-40/h1-27,47,50-51H,28-29H2. The van der Waals surface area contributed by atoms with Crippen molar-refractivity contribution in [1.82, 2.24) is 19.9 Å². The molecular weight excluding hydrogens is 641 g/mol. The first-order chi connectivity index (χ1) is 25.7. The number of benzene rings is 4. The SMILES string of the molecule is OCCOc1ccc(-c2c3nc(c(-c4ccccc4)c4ccc([nH]4)c(-c4ccccc4)c4nc(c(-c5ccccc5)c5ccc2[nH]5)C=C4)C=C3)cc1. The number of aliphatic hydroxyl groups is 1. The van der Waals surface area contributed by atoms with Crippen LogP contribution in [0.1, 0.15) is 22.8 Å². The van der Waals surface area contributed by atoms with Gasteiger partial charge in [0, 0.05) is 44.3 Å². The molecule has 0 atom stereocenters. The van der Waals surface area contributed by atoms with Crippen LogP contribution in [-0.4, -0.2) is 38.3 Å². The first-order valence-electron chi connectivity index (χ1n) is 17.4. The molecule has 2 aliphatic heterocycles. The van der Waals surface area contributed by atoms with Gasteiger partial charge < -0.3 is 19.8 Å². The molecule has 2 aliphatic rings. The monoisotopic (exact) mass is 674 g/mol. The second kappa shape index (κ2) is 13.5. The molecule has 7 aromatic rings. The smallest absolute Gasteiger partial charge is 0.119 e. The molecule has 8 bridgehead atoms. The van der Waals surface area contributed by atoms with E-state index in [0.29, 0.717) is 5.75 Å². The lowest BCUT2D eigenvalue weighted by molar-refractivity contribution is 0.201. The number of H-pyrrole nitrogens is 2. The molecule has 0 spiro atoms. The highest BCUT2D eigenvalue weighted by Crippen LogP contribution is 2.38. The van der Waals surface area contributed by atoms with Crippen molar-refractivity contribution in [2.75, 3.05) is 13.2 Å². The third-order valence-corrected chi connectivity index (χ3v) is 9.44. The van der Waals surface area contributed by atoms with Gasteiger partial charge in [-0.2, -0.15) is 0 Å². The minimum absolute atomic E-state index is 0.0429. The van der Waals surface area contributed by atoms with Gasteiger partial charge in [0.05, 0.1) is 29.4 Å². The maximum absolute atomic E-state index is 9.29. The van der Waals surface area contributed by atoms with Crippen LogP contribution >= 0.6 is 0 Å². The lowest BCUT2D eigenvalue weighted by Crippen LogP contribution is -2.01. The molecule has 0 aliphatic carbocycles. The zero-order valence-corrected chi connectivity index (χ0v) is 28.3. The maximum atomic E-state index is 9.29. The van der Waals surface area contributed by atoms with Crippen LogP contribution < -0.4 is 4.74 Å². The summed E-state index contributed by atoms with van der Waals surface area (Å²) in [4.78, 5) is 18.3. The van der Waals surface area contributed by atoms with Gasteiger partial charge in [-0.05, 0) is 83.0 Å². The van der Waals surface area contributed by atoms with E-state index >= 15 is 0 Å². The van der Waals surface area contributed by atoms with Gasteiger partial charge in [0.15, 0.2) is 0 Å². The number of aromatic amines is 2. The largest absolute Gasteiger partial charge is 0.491 e. The van der Waals surface area contributed by atoms with E-state index in [-0.39, 0.29) is 13.2 Å². The lowest BCUT2D eigenvalue weighted by atomic mass is 10.0. The zero-order chi connectivity index (χ0) is 34.9. The summed E-state index contributed by atoms with van der Waals surface area (Å²) in [6, 6.07) is 47.8. The molecule has 3 N–H and O–H groups in total. The number of ether oxygens (including phenoxy) is 1. The third kappa shape index (κ3) is 5.81. The van der Waals surface area contributed by atoms with Crippen LogP contribution in [0.15, 0.2) is 140 Å². The summed E-state index contributed by atoms with van der Waals surface area (Å²) in [6.45, 7) is 0.196. The lowest BCUT2D eigenvalue weighted by Gasteiger charge is -2.08. The van der Waals surface area contributed by atoms with Crippen LogP contribution in [0.4, 0.5) is 0 Å². The van der Waals surface area contributed by atoms with Crippen molar-refractivity contribution < 1.29 is 9.84 Å². The van der Waals surface area contributed by atoms with Crippen molar-refractivity contribution in [3.63, 3.8) is 0 Å². The second-order valence-corrected chi connectivity index (χ2v) is 12.7. The molecule has 5 heterocycles. The minimum atomic E-state index is -0.0429. The molecule has 6 nitrogen and oxygen atoms in total. The highest BCUT2D eigenvalue weighted by Gasteiger charge is 2.18. The van der Waals surface area contributed by atoms with E-state index in [1.165, 1.54) is 0 Å². The number of hydrogen-bond donors (Lipinski definition) is 3. The zero-order valence-electron chi connectivity index (χ0n) is 28.3. The average Bonchev–Trinajstić information content (AvgIpc) is 4.04. The predicted octanol–water partition coefficient (Wildman–Crippen LogP) is 10.7. The van der Waals surface area contributed by atoms with Crippen molar-refractivity contribution in [1.29, 1.82) is 0 Å². The van der Waals surface area contributed by atoms with Gasteiger partial charge in [0.2, 0.25) is 0 Å². The highest BCUT2D eigenvalue weighted by molar-refractivity contribution is 5.99. The van der Waals surface area contributed by atoms with Gasteiger partial charge >= 0.3 is 0 Å². The molecule has 0 amide bonds. The van der Waals surface area contributed by atoms with Crippen molar-refractivity contribution >= 4 is 46.4 Å². The Morgan fingerprint density at radius 3 is 1.06 bits per heavy atom. The molecule has 0 saturated carbocycles. The molecule has 52 heavy (non-hydrogen) atoms. The fourth-order valence-corrected chi connectivity index (χ4v) is 7.12. The molecule has 0 unspecified atom stereocenters. The van der Waals surface area contributed by atoms with Crippen LogP contribution in [0.25, 0.3) is 90.9 Å². The summed E-state index contributed by atoms with van der Waals surface area (Å²) in [5.74, 6) is 0.696. The van der Waals surface area contributed by atoms with E-state index in [4.69, 9.17) is 14.7 Å². The number of hydrogen-bond acceptors (Lipinski definition) is 4. The van der Waals surface area contributed by atoms with E-state index in [2.05, 4.69) is 131 Å². The van der Waals surface area contributed by atoms with Gasteiger partial charge in [0.1, 0.15) is 12.4 Å². The molecule has 6 heteroatoms. The maximum Gasteiger partial charge on any atom is 0.119 e. The first-order valence-corrected chi connectivity index (χ1v) is 17.4. The van der Waals surface area contributed by atoms with Crippen molar-refractivity contribution in [3.05, 3.63) is 162 Å². The predicted molar refractivity (Wildman–Crippen MR) is 213 cm³/mol. The van der Waals surface area contributed by atoms with Crippen LogP contribution in [-0.2, 0) is 0 Å². The van der Waals surface area contributed by atoms with Gasteiger partial charge in [0.25, 0.3) is 0 Å². The topological polar surface area (TPSA) is 86.8 Å². The van der Waals surface area contributed by atoms with Crippen LogP contribution in [0.3, 0.4) is 0 Å². The van der Waals surface area contributed by atoms with Crippen LogP contribution in [0.5, 0.6) is 5.75 Å². The quantitative estimate of drug-likeness (QED) is 0.157. The number of nitrogens with zero attached hydrogens (tertiary/aromatic N) is 2. The Morgan fingerprint density at radius 2 is 0.731 bits per heavy atom. The summed E-state index contributed by atoms with van der Waals surface area (Å²) in [5, 5.41) is 9.29. The van der Waals surface area contributed by atoms with Gasteiger partial charge in [-0.25, -0.2) is 9.97 Å². The Hall–Kier alpha value is -6.76. The first kappa shape index (κ1) is 31.2. The molecule has 250 valence electrons. The van der Waals surface area contributed by atoms with Gasteiger partial charge in [-0.1, -0.05) is 103 Å². The highest BCUT2D eigenvalue weighted by atomic mass is 16.5. The number of nitrogens with one attached hydrogen (secondary N) is 2. The Kier molecular flexibility index (Phi) is 8.12. The Morgan fingerprint density at radius 1 is 0.404 bits per heavy atom.